The number of carbonyl (C=O) groups is 1. The Hall–Kier alpha value is -3.16. The molecule has 1 N–H and O–H groups in total. The van der Waals surface area contributed by atoms with Crippen LogP contribution in [0, 0.1) is 6.92 Å². The van der Waals surface area contributed by atoms with Crippen LogP contribution in [0.3, 0.4) is 0 Å². The van der Waals surface area contributed by atoms with Gasteiger partial charge in [0.25, 0.3) is 5.91 Å². The lowest BCUT2D eigenvalue weighted by atomic mass is 10.0. The minimum Gasteiger partial charge on any atom is -0.494 e. The minimum atomic E-state index is -3.71. The molecule has 0 aromatic heterocycles. The van der Waals surface area contributed by atoms with Gasteiger partial charge in [0.05, 0.1) is 11.5 Å². The standard InChI is InChI=1S/C28H34N2O4S/c1-6-21-10-9-11-22(7-2)27(21)29-28(31)23-14-17-26(34-8-3)24(18-23)19-30(5)35(32,33)25-15-12-20(4)13-16-25/h9-18H,6-8,19H2,1-5H3,(H,29,31). The largest absolute Gasteiger partial charge is 0.494 e. The highest BCUT2D eigenvalue weighted by Crippen LogP contribution is 2.27. The highest BCUT2D eigenvalue weighted by Gasteiger charge is 2.23. The zero-order valence-electron chi connectivity index (χ0n) is 21.1. The maximum absolute atomic E-state index is 13.2. The van der Waals surface area contributed by atoms with Crippen molar-refractivity contribution < 1.29 is 17.9 Å². The van der Waals surface area contributed by atoms with Crippen LogP contribution in [0.5, 0.6) is 5.75 Å². The molecule has 3 rings (SSSR count). The van der Waals surface area contributed by atoms with E-state index in [0.29, 0.717) is 23.5 Å². The van der Waals surface area contributed by atoms with Crippen LogP contribution >= 0.6 is 0 Å². The molecule has 0 unspecified atom stereocenters. The second-order valence-electron chi connectivity index (χ2n) is 8.44. The Morgan fingerprint density at radius 2 is 1.54 bits per heavy atom. The van der Waals surface area contributed by atoms with Gasteiger partial charge in [0, 0.05) is 30.4 Å². The molecule has 0 bridgehead atoms. The second kappa shape index (κ2) is 11.5. The first-order valence-corrected chi connectivity index (χ1v) is 13.4. The van der Waals surface area contributed by atoms with E-state index in [0.717, 1.165) is 35.2 Å². The Labute approximate surface area is 209 Å². The van der Waals surface area contributed by atoms with Gasteiger partial charge in [-0.2, -0.15) is 4.31 Å². The Morgan fingerprint density at radius 3 is 2.11 bits per heavy atom. The highest BCUT2D eigenvalue weighted by molar-refractivity contribution is 7.89. The summed E-state index contributed by atoms with van der Waals surface area (Å²) in [4.78, 5) is 13.4. The Morgan fingerprint density at radius 1 is 0.914 bits per heavy atom. The fraction of sp³-hybridized carbons (Fsp3) is 0.321. The van der Waals surface area contributed by atoms with Crippen molar-refractivity contribution in [1.82, 2.24) is 4.31 Å². The van der Waals surface area contributed by atoms with E-state index < -0.39 is 10.0 Å². The maximum Gasteiger partial charge on any atom is 0.255 e. The fourth-order valence-electron chi connectivity index (χ4n) is 3.94. The van der Waals surface area contributed by atoms with E-state index in [2.05, 4.69) is 19.2 Å². The van der Waals surface area contributed by atoms with Gasteiger partial charge in [-0.25, -0.2) is 8.42 Å². The third-order valence-corrected chi connectivity index (χ3v) is 7.80. The molecule has 3 aromatic carbocycles. The Kier molecular flexibility index (Phi) is 8.70. The Bertz CT molecular complexity index is 1260. The summed E-state index contributed by atoms with van der Waals surface area (Å²) in [5.74, 6) is 0.312. The molecule has 0 aliphatic heterocycles. The summed E-state index contributed by atoms with van der Waals surface area (Å²) in [6.45, 7) is 8.39. The van der Waals surface area contributed by atoms with Gasteiger partial charge in [0.2, 0.25) is 10.0 Å². The molecule has 0 aliphatic rings. The van der Waals surface area contributed by atoms with E-state index in [4.69, 9.17) is 4.74 Å². The van der Waals surface area contributed by atoms with Gasteiger partial charge in [-0.1, -0.05) is 49.7 Å². The van der Waals surface area contributed by atoms with Gasteiger partial charge >= 0.3 is 0 Å². The van der Waals surface area contributed by atoms with Gasteiger partial charge in [-0.3, -0.25) is 4.79 Å². The predicted octanol–water partition coefficient (Wildman–Crippen LogP) is 5.59. The van der Waals surface area contributed by atoms with E-state index in [1.54, 1.807) is 42.5 Å². The summed E-state index contributed by atoms with van der Waals surface area (Å²) in [6.07, 6.45) is 1.61. The number of nitrogens with one attached hydrogen (secondary N) is 1. The van der Waals surface area contributed by atoms with Crippen LogP contribution in [0.2, 0.25) is 0 Å². The fourth-order valence-corrected chi connectivity index (χ4v) is 5.09. The molecule has 0 aliphatic carbocycles. The smallest absolute Gasteiger partial charge is 0.255 e. The van der Waals surface area contributed by atoms with Crippen molar-refractivity contribution in [3.63, 3.8) is 0 Å². The Balaban J connectivity index is 1.91. The van der Waals surface area contributed by atoms with E-state index in [1.165, 1.54) is 11.4 Å². The van der Waals surface area contributed by atoms with Crippen molar-refractivity contribution in [2.75, 3.05) is 19.0 Å². The topological polar surface area (TPSA) is 75.7 Å². The van der Waals surface area contributed by atoms with Crippen LogP contribution in [0.15, 0.2) is 65.6 Å². The lowest BCUT2D eigenvalue weighted by Crippen LogP contribution is -2.27. The summed E-state index contributed by atoms with van der Waals surface area (Å²) in [5, 5.41) is 3.08. The number of hydrogen-bond donors (Lipinski definition) is 1. The predicted molar refractivity (Wildman–Crippen MR) is 141 cm³/mol. The van der Waals surface area contributed by atoms with E-state index in [9.17, 15) is 13.2 Å². The summed E-state index contributed by atoms with van der Waals surface area (Å²) >= 11 is 0. The van der Waals surface area contributed by atoms with Crippen LogP contribution in [0.1, 0.15) is 53.4 Å². The van der Waals surface area contributed by atoms with E-state index in [-0.39, 0.29) is 17.3 Å². The van der Waals surface area contributed by atoms with Crippen molar-refractivity contribution in [3.8, 4) is 5.75 Å². The molecular formula is C28H34N2O4S. The minimum absolute atomic E-state index is 0.0679. The first-order valence-electron chi connectivity index (χ1n) is 11.9. The summed E-state index contributed by atoms with van der Waals surface area (Å²) in [7, 11) is -2.18. The molecule has 35 heavy (non-hydrogen) atoms. The molecule has 6 nitrogen and oxygen atoms in total. The first-order chi connectivity index (χ1) is 16.7. The monoisotopic (exact) mass is 494 g/mol. The normalized spacial score (nSPS) is 11.5. The molecule has 0 heterocycles. The average Bonchev–Trinajstić information content (AvgIpc) is 2.85. The van der Waals surface area contributed by atoms with Gasteiger partial charge in [0.15, 0.2) is 0 Å². The van der Waals surface area contributed by atoms with Crippen molar-refractivity contribution >= 4 is 21.6 Å². The third-order valence-electron chi connectivity index (χ3n) is 5.98. The van der Waals surface area contributed by atoms with Crippen molar-refractivity contribution in [2.24, 2.45) is 0 Å². The zero-order valence-corrected chi connectivity index (χ0v) is 21.9. The number of nitrogens with zero attached hydrogens (tertiary/aromatic N) is 1. The summed E-state index contributed by atoms with van der Waals surface area (Å²) in [5.41, 5.74) is 5.05. The van der Waals surface area contributed by atoms with Gasteiger partial charge in [-0.05, 0) is 68.1 Å². The van der Waals surface area contributed by atoms with Crippen LogP contribution in [-0.4, -0.2) is 32.3 Å². The second-order valence-corrected chi connectivity index (χ2v) is 10.5. The highest BCUT2D eigenvalue weighted by atomic mass is 32.2. The number of amides is 1. The SMILES string of the molecule is CCOc1ccc(C(=O)Nc2c(CC)cccc2CC)cc1CN(C)S(=O)(=O)c1ccc(C)cc1. The van der Waals surface area contributed by atoms with Crippen molar-refractivity contribution in [2.45, 2.75) is 52.0 Å². The van der Waals surface area contributed by atoms with E-state index >= 15 is 0 Å². The molecule has 0 fully saturated rings. The van der Waals surface area contributed by atoms with Crippen molar-refractivity contribution in [3.05, 3.63) is 88.5 Å². The molecule has 0 saturated carbocycles. The average molecular weight is 495 g/mol. The number of anilines is 1. The van der Waals surface area contributed by atoms with Gasteiger partial charge < -0.3 is 10.1 Å². The van der Waals surface area contributed by atoms with Crippen LogP contribution < -0.4 is 10.1 Å². The summed E-state index contributed by atoms with van der Waals surface area (Å²) in [6, 6.07) is 17.9. The number of benzene rings is 3. The van der Waals surface area contributed by atoms with E-state index in [1.807, 2.05) is 32.0 Å². The first kappa shape index (κ1) is 26.4. The molecule has 0 saturated heterocycles. The van der Waals surface area contributed by atoms with Crippen LogP contribution in [0.25, 0.3) is 0 Å². The lowest BCUT2D eigenvalue weighted by Gasteiger charge is -2.20. The molecule has 7 heteroatoms. The van der Waals surface area contributed by atoms with Crippen molar-refractivity contribution in [1.29, 1.82) is 0 Å². The summed E-state index contributed by atoms with van der Waals surface area (Å²) < 4.78 is 33.3. The number of hydrogen-bond acceptors (Lipinski definition) is 4. The number of para-hydroxylation sites is 1. The number of ether oxygens (including phenoxy) is 1. The maximum atomic E-state index is 13.2. The van der Waals surface area contributed by atoms with Crippen LogP contribution in [0.4, 0.5) is 5.69 Å². The number of carbonyl (C=O) groups excluding carboxylic acids is 1. The quantitative estimate of drug-likeness (QED) is 0.399. The zero-order chi connectivity index (χ0) is 25.6. The van der Waals surface area contributed by atoms with Gasteiger partial charge in [-0.15, -0.1) is 0 Å². The molecule has 1 amide bonds. The van der Waals surface area contributed by atoms with Gasteiger partial charge in [0.1, 0.15) is 5.75 Å². The molecule has 3 aromatic rings. The third kappa shape index (κ3) is 6.10. The molecule has 0 spiro atoms. The molecule has 0 atom stereocenters. The molecular weight excluding hydrogens is 460 g/mol. The number of rotatable bonds is 10. The molecule has 0 radical (unpaired) electrons. The van der Waals surface area contributed by atoms with Crippen LogP contribution in [-0.2, 0) is 29.4 Å². The number of aryl methyl sites for hydroxylation is 3. The number of sulfonamides is 1. The lowest BCUT2D eigenvalue weighted by molar-refractivity contribution is 0.102. The molecule has 186 valence electrons.